The lowest BCUT2D eigenvalue weighted by atomic mass is 10.3. The first-order valence-corrected chi connectivity index (χ1v) is 6.41. The van der Waals surface area contributed by atoms with Crippen molar-refractivity contribution in [2.75, 3.05) is 5.75 Å². The van der Waals surface area contributed by atoms with Crippen molar-refractivity contribution < 1.29 is 13.3 Å². The average molecular weight is 247 g/mol. The Morgan fingerprint density at radius 3 is 2.38 bits per heavy atom. The molecule has 0 amide bonds. The number of rotatable bonds is 4. The Hall–Kier alpha value is -1.44. The van der Waals surface area contributed by atoms with Gasteiger partial charge in [0.2, 0.25) is 5.82 Å². The molecule has 0 unspecified atom stereocenters. The van der Waals surface area contributed by atoms with Crippen molar-refractivity contribution in [3.8, 4) is 0 Å². The van der Waals surface area contributed by atoms with Crippen LogP contribution in [0.1, 0.15) is 25.4 Å². The van der Waals surface area contributed by atoms with Crippen molar-refractivity contribution in [2.24, 2.45) is 0 Å². The molecule has 1 aromatic rings. The molecule has 0 N–H and O–H groups in total. The lowest BCUT2D eigenvalue weighted by Gasteiger charge is -2.01. The Morgan fingerprint density at radius 2 is 2.00 bits per heavy atom. The van der Waals surface area contributed by atoms with Crippen LogP contribution in [0.4, 0.5) is 5.82 Å². The van der Waals surface area contributed by atoms with Crippen LogP contribution in [-0.4, -0.2) is 28.1 Å². The first kappa shape index (κ1) is 12.6. The SMILES string of the molecule is CCc1nc(C)n(S(=O)(=O)CC)c1[N+](=O)[O-]. The zero-order valence-corrected chi connectivity index (χ0v) is 10.1. The van der Waals surface area contributed by atoms with E-state index >= 15 is 0 Å². The van der Waals surface area contributed by atoms with E-state index in [1.54, 1.807) is 6.92 Å². The maximum Gasteiger partial charge on any atom is 0.361 e. The van der Waals surface area contributed by atoms with Gasteiger partial charge in [0.15, 0.2) is 0 Å². The van der Waals surface area contributed by atoms with Crippen molar-refractivity contribution in [3.05, 3.63) is 21.6 Å². The number of nitrogens with zero attached hydrogens (tertiary/aromatic N) is 3. The molecule has 0 bridgehead atoms. The molecule has 0 spiro atoms. The highest BCUT2D eigenvalue weighted by Gasteiger charge is 2.32. The number of imidazole rings is 1. The molecular weight excluding hydrogens is 234 g/mol. The highest BCUT2D eigenvalue weighted by Crippen LogP contribution is 2.23. The quantitative estimate of drug-likeness (QED) is 0.580. The van der Waals surface area contributed by atoms with Crippen molar-refractivity contribution in [1.29, 1.82) is 0 Å². The third kappa shape index (κ3) is 1.92. The zero-order chi connectivity index (χ0) is 12.5. The normalized spacial score (nSPS) is 11.7. The molecule has 0 fully saturated rings. The molecule has 8 heteroatoms. The van der Waals surface area contributed by atoms with Gasteiger partial charge in [-0.2, -0.15) is 8.42 Å². The van der Waals surface area contributed by atoms with Gasteiger partial charge in [0.1, 0.15) is 5.69 Å². The number of nitro groups is 1. The predicted molar refractivity (Wildman–Crippen MR) is 57.9 cm³/mol. The highest BCUT2D eigenvalue weighted by molar-refractivity contribution is 7.90. The molecule has 0 radical (unpaired) electrons. The molecule has 1 aromatic heterocycles. The Labute approximate surface area is 93.3 Å². The fraction of sp³-hybridized carbons (Fsp3) is 0.625. The first-order chi connectivity index (χ1) is 7.35. The number of aromatic nitrogens is 2. The molecule has 0 aliphatic rings. The first-order valence-electron chi connectivity index (χ1n) is 4.81. The number of hydrogen-bond acceptors (Lipinski definition) is 5. The van der Waals surface area contributed by atoms with Crippen LogP contribution < -0.4 is 0 Å². The third-order valence-corrected chi connectivity index (χ3v) is 3.92. The van der Waals surface area contributed by atoms with E-state index in [9.17, 15) is 18.5 Å². The molecular formula is C8H13N3O4S. The Kier molecular flexibility index (Phi) is 3.32. The molecule has 0 aliphatic heterocycles. The van der Waals surface area contributed by atoms with Gasteiger partial charge >= 0.3 is 15.8 Å². The van der Waals surface area contributed by atoms with Crippen molar-refractivity contribution in [2.45, 2.75) is 27.2 Å². The monoisotopic (exact) mass is 247 g/mol. The van der Waals surface area contributed by atoms with E-state index in [0.717, 1.165) is 0 Å². The standard InChI is InChI=1S/C8H13N3O4S/c1-4-7-8(11(12)13)10(6(3)9-7)16(14,15)5-2/h4-5H2,1-3H3. The van der Waals surface area contributed by atoms with Crippen LogP contribution in [0.2, 0.25) is 0 Å². The minimum atomic E-state index is -3.68. The van der Waals surface area contributed by atoms with Gasteiger partial charge in [-0.15, -0.1) is 0 Å². The van der Waals surface area contributed by atoms with E-state index in [1.165, 1.54) is 13.8 Å². The van der Waals surface area contributed by atoms with Crippen LogP contribution >= 0.6 is 0 Å². The van der Waals surface area contributed by atoms with Gasteiger partial charge in [0.25, 0.3) is 0 Å². The van der Waals surface area contributed by atoms with Gasteiger partial charge in [-0.25, -0.2) is 4.98 Å². The topological polar surface area (TPSA) is 95.1 Å². The Bertz CT molecular complexity index is 518. The summed E-state index contributed by atoms with van der Waals surface area (Å²) in [5, 5.41) is 10.9. The molecule has 0 saturated carbocycles. The smallest absolute Gasteiger partial charge is 0.358 e. The van der Waals surface area contributed by atoms with Crippen LogP contribution in [0.15, 0.2) is 0 Å². The van der Waals surface area contributed by atoms with Crippen molar-refractivity contribution in [1.82, 2.24) is 8.96 Å². The summed E-state index contributed by atoms with van der Waals surface area (Å²) in [6.45, 7) is 4.57. The average Bonchev–Trinajstić information content (AvgIpc) is 2.55. The summed E-state index contributed by atoms with van der Waals surface area (Å²) in [7, 11) is -3.68. The summed E-state index contributed by atoms with van der Waals surface area (Å²) >= 11 is 0. The largest absolute Gasteiger partial charge is 0.361 e. The van der Waals surface area contributed by atoms with Crippen LogP contribution in [0.25, 0.3) is 0 Å². The lowest BCUT2D eigenvalue weighted by Crippen LogP contribution is -2.18. The highest BCUT2D eigenvalue weighted by atomic mass is 32.2. The maximum atomic E-state index is 11.7. The van der Waals surface area contributed by atoms with Crippen molar-refractivity contribution >= 4 is 15.8 Å². The summed E-state index contributed by atoms with van der Waals surface area (Å²) in [5.74, 6) is -0.513. The molecule has 90 valence electrons. The third-order valence-electron chi connectivity index (χ3n) is 2.19. The molecule has 0 atom stereocenters. The van der Waals surface area contributed by atoms with E-state index in [0.29, 0.717) is 10.4 Å². The molecule has 1 rings (SSSR count). The number of hydrogen-bond donors (Lipinski definition) is 0. The molecule has 0 aliphatic carbocycles. The van der Waals surface area contributed by atoms with Crippen molar-refractivity contribution in [3.63, 3.8) is 0 Å². The second-order valence-corrected chi connectivity index (χ2v) is 5.31. The minimum absolute atomic E-state index is 0.130. The van der Waals surface area contributed by atoms with Crippen LogP contribution in [0, 0.1) is 17.0 Å². The van der Waals surface area contributed by atoms with E-state index in [2.05, 4.69) is 4.98 Å². The molecule has 7 nitrogen and oxygen atoms in total. The summed E-state index contributed by atoms with van der Waals surface area (Å²) in [4.78, 5) is 14.1. The van der Waals surface area contributed by atoms with Crippen LogP contribution in [0.5, 0.6) is 0 Å². The lowest BCUT2D eigenvalue weighted by molar-refractivity contribution is -0.391. The zero-order valence-electron chi connectivity index (χ0n) is 9.30. The van der Waals surface area contributed by atoms with Crippen LogP contribution in [-0.2, 0) is 16.4 Å². The molecule has 0 saturated heterocycles. The number of aryl methyl sites for hydroxylation is 2. The Morgan fingerprint density at radius 1 is 1.44 bits per heavy atom. The maximum absolute atomic E-state index is 11.7. The van der Waals surface area contributed by atoms with Gasteiger partial charge < -0.3 is 10.1 Å². The summed E-state index contributed by atoms with van der Waals surface area (Å²) < 4.78 is 24.1. The molecule has 16 heavy (non-hydrogen) atoms. The minimum Gasteiger partial charge on any atom is -0.358 e. The van der Waals surface area contributed by atoms with E-state index in [1.807, 2.05) is 0 Å². The summed E-state index contributed by atoms with van der Waals surface area (Å²) in [5.41, 5.74) is 0.194. The summed E-state index contributed by atoms with van der Waals surface area (Å²) in [6.07, 6.45) is 0.323. The molecule has 0 aromatic carbocycles. The molecule has 1 heterocycles. The van der Waals surface area contributed by atoms with E-state index in [4.69, 9.17) is 0 Å². The van der Waals surface area contributed by atoms with E-state index < -0.39 is 20.8 Å². The van der Waals surface area contributed by atoms with Gasteiger partial charge in [-0.1, -0.05) is 10.9 Å². The van der Waals surface area contributed by atoms with Gasteiger partial charge in [0, 0.05) is 6.92 Å². The Balaban J connectivity index is 3.62. The second kappa shape index (κ2) is 4.20. The summed E-state index contributed by atoms with van der Waals surface area (Å²) in [6, 6.07) is 0. The second-order valence-electron chi connectivity index (χ2n) is 3.20. The van der Waals surface area contributed by atoms with Gasteiger partial charge in [-0.05, 0) is 18.3 Å². The van der Waals surface area contributed by atoms with Gasteiger partial charge in [0.05, 0.1) is 5.75 Å². The fourth-order valence-electron chi connectivity index (χ4n) is 1.44. The van der Waals surface area contributed by atoms with E-state index in [-0.39, 0.29) is 17.3 Å². The van der Waals surface area contributed by atoms with Gasteiger partial charge in [-0.3, -0.25) is 0 Å². The van der Waals surface area contributed by atoms with Crippen LogP contribution in [0.3, 0.4) is 0 Å². The fourth-order valence-corrected chi connectivity index (χ4v) is 2.58. The predicted octanol–water partition coefficient (Wildman–Crippen LogP) is 0.860.